The van der Waals surface area contributed by atoms with Gasteiger partial charge in [-0.05, 0) is 24.3 Å². The molecule has 3 aromatic rings. The van der Waals surface area contributed by atoms with Crippen LogP contribution in [0.15, 0.2) is 41.3 Å². The van der Waals surface area contributed by atoms with Gasteiger partial charge in [0, 0.05) is 17.2 Å². The predicted molar refractivity (Wildman–Crippen MR) is 81.5 cm³/mol. The van der Waals surface area contributed by atoms with Gasteiger partial charge in [0.25, 0.3) is 10.4 Å². The molecule has 0 saturated carbocycles. The zero-order valence-corrected chi connectivity index (χ0v) is 15.7. The molecule has 0 radical (unpaired) electrons. The van der Waals surface area contributed by atoms with E-state index in [2.05, 4.69) is 15.7 Å². The average Bonchev–Trinajstić information content (AvgIpc) is 2.91. The normalized spacial score (nSPS) is 11.1. The molecule has 0 amide bonds. The minimum absolute atomic E-state index is 0. The fourth-order valence-electron chi connectivity index (χ4n) is 2.11. The van der Waals surface area contributed by atoms with Crippen molar-refractivity contribution in [3.8, 4) is 23.0 Å². The zero-order chi connectivity index (χ0) is 17.5. The molecule has 1 aromatic heterocycles. The molecule has 10 heteroatoms. The van der Waals surface area contributed by atoms with E-state index in [1.807, 2.05) is 0 Å². The summed E-state index contributed by atoms with van der Waals surface area (Å²) in [4.78, 5) is 4.11. The Morgan fingerprint density at radius 2 is 2.04 bits per heavy atom. The number of oxazole rings is 1. The molecule has 7 nitrogen and oxygen atoms in total. The Kier molecular flexibility index (Phi) is 5.55. The first-order valence-electron chi connectivity index (χ1n) is 6.48. The van der Waals surface area contributed by atoms with Crippen molar-refractivity contribution in [3.63, 3.8) is 0 Å². The van der Waals surface area contributed by atoms with E-state index in [4.69, 9.17) is 4.42 Å². The molecule has 1 heterocycles. The maximum absolute atomic E-state index is 13.5. The van der Waals surface area contributed by atoms with Crippen LogP contribution < -0.4 is 33.7 Å². The summed E-state index contributed by atoms with van der Waals surface area (Å²) < 4.78 is 55.5. The van der Waals surface area contributed by atoms with Crippen molar-refractivity contribution < 1.29 is 60.6 Å². The third kappa shape index (κ3) is 4.20. The molecule has 0 unspecified atom stereocenters. The van der Waals surface area contributed by atoms with Crippen molar-refractivity contribution in [3.05, 3.63) is 48.3 Å². The summed E-state index contributed by atoms with van der Waals surface area (Å²) in [6.45, 7) is 3.56. The van der Waals surface area contributed by atoms with Crippen molar-refractivity contribution in [2.24, 2.45) is 0 Å². The fourth-order valence-corrected chi connectivity index (χ4v) is 2.44. The molecule has 25 heavy (non-hydrogen) atoms. The van der Waals surface area contributed by atoms with Crippen LogP contribution in [0.25, 0.3) is 28.6 Å². The maximum Gasteiger partial charge on any atom is 1.00 e. The molecule has 0 atom stereocenters. The van der Waals surface area contributed by atoms with Gasteiger partial charge in [0.2, 0.25) is 5.89 Å². The first-order valence-corrected chi connectivity index (χ1v) is 7.81. The van der Waals surface area contributed by atoms with Crippen LogP contribution in [0, 0.1) is 5.82 Å². The smallest absolute Gasteiger partial charge is 0.716 e. The van der Waals surface area contributed by atoms with Crippen LogP contribution in [0.3, 0.4) is 0 Å². The number of fused-ring (bicyclic) bond motifs is 1. The van der Waals surface area contributed by atoms with E-state index < -0.39 is 22.0 Å². The summed E-state index contributed by atoms with van der Waals surface area (Å²) in [5, 5.41) is 9.21. The first kappa shape index (κ1) is 19.4. The molecule has 0 bridgehead atoms. The Labute approximate surface area is 164 Å². The average molecular weight is 373 g/mol. The number of hydrogen-bond acceptors (Lipinski definition) is 7. The Bertz CT molecular complexity index is 1060. The number of phenols is 1. The Balaban J connectivity index is 0.00000225. The number of hydrogen-bond donors (Lipinski definition) is 1. The molecule has 3 rings (SSSR count). The monoisotopic (exact) mass is 373 g/mol. The standard InChI is InChI=1S/C15H10FNO6S.Na/c1-2-8-5-10(23-24(19,20)21)7-12-14(8)22-15(17-12)9-3-4-13(18)11(16)6-9;/h2-7,18H,1H2,(H,19,20,21);/q;+1/p-1. The van der Waals surface area contributed by atoms with E-state index in [1.165, 1.54) is 24.3 Å². The van der Waals surface area contributed by atoms with Crippen LogP contribution in [0.4, 0.5) is 4.39 Å². The third-order valence-electron chi connectivity index (χ3n) is 3.11. The van der Waals surface area contributed by atoms with Gasteiger partial charge in [-0.15, -0.1) is 0 Å². The number of aromatic hydroxyl groups is 1. The Morgan fingerprint density at radius 1 is 1.32 bits per heavy atom. The van der Waals surface area contributed by atoms with Crippen LogP contribution in [0.1, 0.15) is 5.56 Å². The maximum atomic E-state index is 13.5. The van der Waals surface area contributed by atoms with Gasteiger partial charge < -0.3 is 18.3 Å². The number of rotatable bonds is 4. The van der Waals surface area contributed by atoms with Gasteiger partial charge in [0.05, 0.1) is 0 Å². The molecule has 0 aliphatic rings. The van der Waals surface area contributed by atoms with Crippen LogP contribution in [-0.4, -0.2) is 23.1 Å². The molecule has 0 aliphatic heterocycles. The van der Waals surface area contributed by atoms with E-state index in [9.17, 15) is 22.5 Å². The van der Waals surface area contributed by atoms with Gasteiger partial charge in [-0.25, -0.2) is 17.8 Å². The SMILES string of the molecule is C=Cc1cc(OS(=O)(=O)[O-])cc2nc(-c3ccc(O)c(F)c3)oc12.[Na+]. The van der Waals surface area contributed by atoms with Gasteiger partial charge in [0.1, 0.15) is 11.3 Å². The molecule has 124 valence electrons. The number of aromatic nitrogens is 1. The van der Waals surface area contributed by atoms with E-state index in [0.717, 1.165) is 12.1 Å². The largest absolute Gasteiger partial charge is 1.00 e. The van der Waals surface area contributed by atoms with Gasteiger partial charge in [-0.3, -0.25) is 0 Å². The van der Waals surface area contributed by atoms with E-state index in [0.29, 0.717) is 5.56 Å². The van der Waals surface area contributed by atoms with Crippen molar-refractivity contribution in [1.82, 2.24) is 4.98 Å². The summed E-state index contributed by atoms with van der Waals surface area (Å²) >= 11 is 0. The summed E-state index contributed by atoms with van der Waals surface area (Å²) in [5.74, 6) is -1.57. The number of halogens is 1. The quantitative estimate of drug-likeness (QED) is 0.384. The van der Waals surface area contributed by atoms with E-state index in [1.54, 1.807) is 0 Å². The van der Waals surface area contributed by atoms with Gasteiger partial charge in [-0.1, -0.05) is 12.7 Å². The first-order chi connectivity index (χ1) is 11.3. The summed E-state index contributed by atoms with van der Waals surface area (Å²) in [5.41, 5.74) is 1.04. The third-order valence-corrected chi connectivity index (χ3v) is 3.50. The van der Waals surface area contributed by atoms with Crippen molar-refractivity contribution in [2.45, 2.75) is 0 Å². The molecule has 0 saturated heterocycles. The predicted octanol–water partition coefficient (Wildman–Crippen LogP) is -0.175. The minimum atomic E-state index is -4.95. The zero-order valence-electron chi connectivity index (χ0n) is 12.9. The van der Waals surface area contributed by atoms with Gasteiger partial charge >= 0.3 is 29.6 Å². The molecular weight excluding hydrogens is 364 g/mol. The van der Waals surface area contributed by atoms with Crippen LogP contribution in [0.2, 0.25) is 0 Å². The summed E-state index contributed by atoms with van der Waals surface area (Å²) in [6, 6.07) is 6.02. The van der Waals surface area contributed by atoms with Crippen molar-refractivity contribution in [2.75, 3.05) is 0 Å². The number of phenolic OH excluding ortho intramolecular Hbond substituents is 1. The van der Waals surface area contributed by atoms with Crippen LogP contribution >= 0.6 is 0 Å². The number of benzene rings is 2. The molecule has 0 spiro atoms. The second-order valence-electron chi connectivity index (χ2n) is 4.74. The van der Waals surface area contributed by atoms with Gasteiger partial charge in [0.15, 0.2) is 17.1 Å². The van der Waals surface area contributed by atoms with Crippen molar-refractivity contribution in [1.29, 1.82) is 0 Å². The second kappa shape index (κ2) is 7.14. The van der Waals surface area contributed by atoms with Crippen LogP contribution in [-0.2, 0) is 10.4 Å². The topological polar surface area (TPSA) is 113 Å². The van der Waals surface area contributed by atoms with E-state index in [-0.39, 0.29) is 57.9 Å². The Morgan fingerprint density at radius 3 is 2.64 bits per heavy atom. The van der Waals surface area contributed by atoms with Gasteiger partial charge in [-0.2, -0.15) is 0 Å². The Hall–Kier alpha value is -1.91. The molecule has 0 aliphatic carbocycles. The number of nitrogens with zero attached hydrogens (tertiary/aromatic N) is 1. The van der Waals surface area contributed by atoms with Crippen molar-refractivity contribution >= 4 is 27.6 Å². The molecule has 2 aromatic carbocycles. The second-order valence-corrected chi connectivity index (χ2v) is 5.72. The van der Waals surface area contributed by atoms with E-state index >= 15 is 0 Å². The molecular formula is C15H9FNNaO6S. The summed E-state index contributed by atoms with van der Waals surface area (Å²) in [6.07, 6.45) is 1.36. The summed E-state index contributed by atoms with van der Waals surface area (Å²) in [7, 11) is -4.95. The van der Waals surface area contributed by atoms with Crippen LogP contribution in [0.5, 0.6) is 11.5 Å². The molecule has 1 N–H and O–H groups in total. The minimum Gasteiger partial charge on any atom is -0.716 e. The molecule has 0 fully saturated rings. The fraction of sp³-hybridized carbons (Fsp3) is 0.